The van der Waals surface area contributed by atoms with Crippen molar-refractivity contribution in [3.8, 4) is 0 Å². The van der Waals surface area contributed by atoms with Crippen LogP contribution >= 0.6 is 0 Å². The van der Waals surface area contributed by atoms with E-state index in [0.717, 1.165) is 12.8 Å². The van der Waals surface area contributed by atoms with E-state index in [1.807, 2.05) is 0 Å². The zero-order chi connectivity index (χ0) is 11.7. The van der Waals surface area contributed by atoms with Crippen LogP contribution < -0.4 is 0 Å². The quantitative estimate of drug-likeness (QED) is 0.735. The number of carbonyl (C=O) groups is 2. The van der Waals surface area contributed by atoms with E-state index in [2.05, 4.69) is 0 Å². The zero-order valence-electron chi connectivity index (χ0n) is 9.69. The molecular formula is C12H19NO3. The summed E-state index contributed by atoms with van der Waals surface area (Å²) in [6.45, 7) is 2.12. The van der Waals surface area contributed by atoms with Crippen molar-refractivity contribution in [2.24, 2.45) is 11.8 Å². The summed E-state index contributed by atoms with van der Waals surface area (Å²) >= 11 is 0. The molecule has 0 aromatic rings. The molecule has 1 N–H and O–H groups in total. The van der Waals surface area contributed by atoms with Gasteiger partial charge in [0.25, 0.3) is 0 Å². The summed E-state index contributed by atoms with van der Waals surface area (Å²) < 4.78 is 0. The molecule has 3 atom stereocenters. The van der Waals surface area contributed by atoms with Gasteiger partial charge in [-0.15, -0.1) is 0 Å². The first-order chi connectivity index (χ1) is 7.59. The van der Waals surface area contributed by atoms with Gasteiger partial charge < -0.3 is 10.0 Å². The first-order valence-electron chi connectivity index (χ1n) is 6.09. The molecule has 0 spiro atoms. The third kappa shape index (κ3) is 2.06. The Morgan fingerprint density at radius 3 is 2.38 bits per heavy atom. The lowest BCUT2D eigenvalue weighted by atomic mass is 9.73. The molecule has 4 heteroatoms. The largest absolute Gasteiger partial charge is 0.480 e. The summed E-state index contributed by atoms with van der Waals surface area (Å²) in [5.74, 6) is 0.106. The average Bonchev–Trinajstić information content (AvgIpc) is 2.27. The van der Waals surface area contributed by atoms with E-state index in [1.165, 1.54) is 19.8 Å². The third-order valence-electron chi connectivity index (χ3n) is 4.09. The first-order valence-corrected chi connectivity index (χ1v) is 6.09. The number of hydrogen-bond donors (Lipinski definition) is 1. The predicted octanol–water partition coefficient (Wildman–Crippen LogP) is 1.50. The normalized spacial score (nSPS) is 34.3. The molecule has 16 heavy (non-hydrogen) atoms. The topological polar surface area (TPSA) is 57.6 Å². The fourth-order valence-corrected chi connectivity index (χ4v) is 3.21. The predicted molar refractivity (Wildman–Crippen MR) is 58.9 cm³/mol. The van der Waals surface area contributed by atoms with Crippen molar-refractivity contribution in [2.45, 2.75) is 45.1 Å². The van der Waals surface area contributed by atoms with E-state index < -0.39 is 12.0 Å². The molecule has 4 nitrogen and oxygen atoms in total. The number of carbonyl (C=O) groups excluding carboxylic acids is 1. The lowest BCUT2D eigenvalue weighted by Crippen LogP contribution is -2.53. The highest BCUT2D eigenvalue weighted by Gasteiger charge is 2.40. The highest BCUT2D eigenvalue weighted by molar-refractivity contribution is 5.82. The van der Waals surface area contributed by atoms with Gasteiger partial charge in [0.1, 0.15) is 6.04 Å². The summed E-state index contributed by atoms with van der Waals surface area (Å²) in [7, 11) is 0. The fraction of sp³-hybridized carbons (Fsp3) is 0.833. The number of carboxylic acid groups (broad SMARTS) is 1. The highest BCUT2D eigenvalue weighted by Crippen LogP contribution is 2.38. The van der Waals surface area contributed by atoms with Gasteiger partial charge in [0.15, 0.2) is 0 Å². The number of piperidine rings is 1. The Morgan fingerprint density at radius 1 is 1.19 bits per heavy atom. The number of nitrogens with zero attached hydrogens (tertiary/aromatic N) is 1. The average molecular weight is 225 g/mol. The van der Waals surface area contributed by atoms with Crippen LogP contribution in [0.15, 0.2) is 0 Å². The smallest absolute Gasteiger partial charge is 0.326 e. The van der Waals surface area contributed by atoms with Gasteiger partial charge in [-0.25, -0.2) is 4.79 Å². The Morgan fingerprint density at radius 2 is 1.81 bits per heavy atom. The molecule has 0 aromatic heterocycles. The van der Waals surface area contributed by atoms with Gasteiger partial charge in [-0.3, -0.25) is 4.79 Å². The van der Waals surface area contributed by atoms with E-state index in [0.29, 0.717) is 24.8 Å². The molecule has 2 aliphatic rings. The lowest BCUT2D eigenvalue weighted by Gasteiger charge is -2.44. The van der Waals surface area contributed by atoms with Crippen LogP contribution in [0.5, 0.6) is 0 Å². The second-order valence-corrected chi connectivity index (χ2v) is 5.07. The maximum atomic E-state index is 11.5. The van der Waals surface area contributed by atoms with Crippen molar-refractivity contribution in [1.82, 2.24) is 4.90 Å². The minimum Gasteiger partial charge on any atom is -0.480 e. The molecule has 1 heterocycles. The van der Waals surface area contributed by atoms with Crippen LogP contribution in [0.3, 0.4) is 0 Å². The number of carboxylic acids is 1. The first kappa shape index (κ1) is 11.4. The number of rotatable bonds is 1. The van der Waals surface area contributed by atoms with Crippen molar-refractivity contribution in [3.05, 3.63) is 0 Å². The molecule has 1 saturated carbocycles. The Balaban J connectivity index is 2.13. The number of likely N-dealkylation sites (tertiary alicyclic amines) is 1. The molecule has 90 valence electrons. The molecule has 2 fully saturated rings. The standard InChI is InChI=1S/C12H19NO3/c1-8(14)13-7-10-5-3-2-4-9(10)6-11(13)12(15)16/h9-11H,2-7H2,1H3,(H,15,16)/t9-,10+,11+/m1/s1. The Labute approximate surface area is 95.6 Å². The van der Waals surface area contributed by atoms with Gasteiger partial charge in [-0.05, 0) is 24.7 Å². The number of aliphatic carboxylic acids is 1. The molecule has 1 aliphatic heterocycles. The summed E-state index contributed by atoms with van der Waals surface area (Å²) in [5.41, 5.74) is 0. The van der Waals surface area contributed by atoms with E-state index in [-0.39, 0.29) is 5.91 Å². The van der Waals surface area contributed by atoms with Gasteiger partial charge in [-0.2, -0.15) is 0 Å². The van der Waals surface area contributed by atoms with Crippen LogP contribution in [0.2, 0.25) is 0 Å². The number of fused-ring (bicyclic) bond motifs is 1. The highest BCUT2D eigenvalue weighted by atomic mass is 16.4. The van der Waals surface area contributed by atoms with Crippen molar-refractivity contribution < 1.29 is 14.7 Å². The molecule has 2 rings (SSSR count). The number of amides is 1. The fourth-order valence-electron chi connectivity index (χ4n) is 3.21. The van der Waals surface area contributed by atoms with Gasteiger partial charge in [0.2, 0.25) is 5.91 Å². The van der Waals surface area contributed by atoms with Crippen molar-refractivity contribution >= 4 is 11.9 Å². The summed E-state index contributed by atoms with van der Waals surface area (Å²) in [4.78, 5) is 24.2. The molecular weight excluding hydrogens is 206 g/mol. The second kappa shape index (κ2) is 4.44. The van der Waals surface area contributed by atoms with Crippen molar-refractivity contribution in [2.75, 3.05) is 6.54 Å². The summed E-state index contributed by atoms with van der Waals surface area (Å²) in [6, 6.07) is -0.586. The minimum atomic E-state index is -0.848. The van der Waals surface area contributed by atoms with Gasteiger partial charge >= 0.3 is 5.97 Å². The van der Waals surface area contributed by atoms with E-state index in [9.17, 15) is 9.59 Å². The SMILES string of the molecule is CC(=O)N1C[C@@H]2CCCC[C@@H]2C[C@H]1C(=O)O. The molecule has 0 unspecified atom stereocenters. The molecule has 0 radical (unpaired) electrons. The number of hydrogen-bond acceptors (Lipinski definition) is 2. The van der Waals surface area contributed by atoms with Crippen LogP contribution in [-0.2, 0) is 9.59 Å². The molecule has 1 amide bonds. The van der Waals surface area contributed by atoms with Crippen LogP contribution in [0.25, 0.3) is 0 Å². The zero-order valence-corrected chi connectivity index (χ0v) is 9.69. The van der Waals surface area contributed by atoms with Crippen LogP contribution in [0.1, 0.15) is 39.0 Å². The van der Waals surface area contributed by atoms with Crippen LogP contribution in [0.4, 0.5) is 0 Å². The third-order valence-corrected chi connectivity index (χ3v) is 4.09. The molecule has 0 bridgehead atoms. The van der Waals surface area contributed by atoms with Crippen molar-refractivity contribution in [3.63, 3.8) is 0 Å². The molecule has 1 aliphatic carbocycles. The van der Waals surface area contributed by atoms with Gasteiger partial charge in [0, 0.05) is 13.5 Å². The monoisotopic (exact) mass is 225 g/mol. The second-order valence-electron chi connectivity index (χ2n) is 5.07. The Bertz CT molecular complexity index is 273. The Hall–Kier alpha value is -1.06. The van der Waals surface area contributed by atoms with Crippen molar-refractivity contribution in [1.29, 1.82) is 0 Å². The lowest BCUT2D eigenvalue weighted by molar-refractivity contribution is -0.154. The van der Waals surface area contributed by atoms with Gasteiger partial charge in [-0.1, -0.05) is 19.3 Å². The van der Waals surface area contributed by atoms with Gasteiger partial charge in [0.05, 0.1) is 0 Å². The molecule has 1 saturated heterocycles. The Kier molecular flexibility index (Phi) is 3.17. The minimum absolute atomic E-state index is 0.101. The van der Waals surface area contributed by atoms with E-state index in [1.54, 1.807) is 4.90 Å². The molecule has 0 aromatic carbocycles. The van der Waals surface area contributed by atoms with E-state index >= 15 is 0 Å². The maximum absolute atomic E-state index is 11.5. The van der Waals surface area contributed by atoms with E-state index in [4.69, 9.17) is 5.11 Å². The summed E-state index contributed by atoms with van der Waals surface area (Å²) in [6.07, 6.45) is 5.39. The summed E-state index contributed by atoms with van der Waals surface area (Å²) in [5, 5.41) is 9.15. The van der Waals surface area contributed by atoms with Crippen LogP contribution in [0, 0.1) is 11.8 Å². The maximum Gasteiger partial charge on any atom is 0.326 e. The van der Waals surface area contributed by atoms with Crippen LogP contribution in [-0.4, -0.2) is 34.5 Å².